The van der Waals surface area contributed by atoms with Crippen molar-refractivity contribution in [2.24, 2.45) is 5.92 Å². The lowest BCUT2D eigenvalue weighted by molar-refractivity contribution is -0.145. The van der Waals surface area contributed by atoms with E-state index >= 15 is 0 Å². The van der Waals surface area contributed by atoms with Crippen LogP contribution in [0.4, 0.5) is 0 Å². The van der Waals surface area contributed by atoms with E-state index in [-0.39, 0.29) is 5.91 Å². The maximum Gasteiger partial charge on any atom is 0.308 e. The van der Waals surface area contributed by atoms with Gasteiger partial charge in [-0.05, 0) is 37.3 Å². The maximum absolute atomic E-state index is 12.3. The zero-order valence-electron chi connectivity index (χ0n) is 13.1. The molecule has 1 aromatic heterocycles. The number of rotatable bonds is 5. The van der Waals surface area contributed by atoms with Gasteiger partial charge in [0, 0.05) is 36.6 Å². The third kappa shape index (κ3) is 3.55. The predicted molar refractivity (Wildman–Crippen MR) is 88.2 cm³/mol. The van der Waals surface area contributed by atoms with Gasteiger partial charge in [0.1, 0.15) is 0 Å². The molecular formula is C18H22N2O3. The Kier molecular flexibility index (Phi) is 4.65. The van der Waals surface area contributed by atoms with Gasteiger partial charge >= 0.3 is 5.97 Å². The van der Waals surface area contributed by atoms with Gasteiger partial charge in [0.15, 0.2) is 0 Å². The van der Waals surface area contributed by atoms with Crippen LogP contribution in [0, 0.1) is 5.92 Å². The van der Waals surface area contributed by atoms with E-state index < -0.39 is 11.9 Å². The van der Waals surface area contributed by atoms with Gasteiger partial charge in [-0.1, -0.05) is 18.2 Å². The topological polar surface area (TPSA) is 73.4 Å². The van der Waals surface area contributed by atoms with Crippen LogP contribution in [0.25, 0.3) is 10.9 Å². The van der Waals surface area contributed by atoms with Gasteiger partial charge in [-0.25, -0.2) is 0 Å². The number of carbonyl (C=O) groups is 2. The molecule has 1 amide bonds. The number of fused-ring (bicyclic) bond motifs is 1. The van der Waals surface area contributed by atoms with Crippen LogP contribution in [-0.4, -0.2) is 40.0 Å². The number of para-hydroxylation sites is 1. The second kappa shape index (κ2) is 6.86. The van der Waals surface area contributed by atoms with Crippen molar-refractivity contribution in [1.82, 2.24) is 9.88 Å². The summed E-state index contributed by atoms with van der Waals surface area (Å²) in [5.41, 5.74) is 2.35. The number of hydrogen-bond acceptors (Lipinski definition) is 2. The van der Waals surface area contributed by atoms with E-state index in [1.165, 1.54) is 10.9 Å². The first-order valence-electron chi connectivity index (χ1n) is 8.20. The first-order valence-corrected chi connectivity index (χ1v) is 8.20. The molecule has 3 rings (SSSR count). The average molecular weight is 314 g/mol. The van der Waals surface area contributed by atoms with Crippen LogP contribution in [-0.2, 0) is 16.0 Å². The van der Waals surface area contributed by atoms with E-state index in [4.69, 9.17) is 5.11 Å². The summed E-state index contributed by atoms with van der Waals surface area (Å²) in [5, 5.41) is 10.3. The number of benzene rings is 1. The SMILES string of the molecule is O=C(O)[C@@H]1CCCN(C(=O)CCCc2c[nH]c3ccccc23)C1. The van der Waals surface area contributed by atoms with Crippen LogP contribution in [0.1, 0.15) is 31.2 Å². The van der Waals surface area contributed by atoms with E-state index in [1.54, 1.807) is 4.90 Å². The zero-order valence-corrected chi connectivity index (χ0v) is 13.1. The van der Waals surface area contributed by atoms with Crippen molar-refractivity contribution >= 4 is 22.8 Å². The molecule has 122 valence electrons. The average Bonchev–Trinajstić information content (AvgIpc) is 2.98. The highest BCUT2D eigenvalue weighted by Crippen LogP contribution is 2.21. The number of piperidine rings is 1. The number of nitrogens with one attached hydrogen (secondary N) is 1. The van der Waals surface area contributed by atoms with Crippen LogP contribution in [0.3, 0.4) is 0 Å². The molecule has 5 heteroatoms. The molecule has 23 heavy (non-hydrogen) atoms. The molecule has 1 saturated heterocycles. The molecule has 0 aliphatic carbocycles. The van der Waals surface area contributed by atoms with Crippen molar-refractivity contribution in [2.45, 2.75) is 32.1 Å². The molecule has 1 aromatic carbocycles. The summed E-state index contributed by atoms with van der Waals surface area (Å²) in [7, 11) is 0. The summed E-state index contributed by atoms with van der Waals surface area (Å²) in [5.74, 6) is -1.11. The molecule has 0 saturated carbocycles. The van der Waals surface area contributed by atoms with E-state index in [0.717, 1.165) is 24.8 Å². The molecule has 1 aliphatic rings. The predicted octanol–water partition coefficient (Wildman–Crippen LogP) is 2.81. The number of aromatic amines is 1. The Balaban J connectivity index is 1.52. The maximum atomic E-state index is 12.3. The highest BCUT2D eigenvalue weighted by Gasteiger charge is 2.27. The number of carboxylic acid groups (broad SMARTS) is 1. The van der Waals surface area contributed by atoms with Gasteiger partial charge in [0.2, 0.25) is 5.91 Å². The van der Waals surface area contributed by atoms with Crippen molar-refractivity contribution in [1.29, 1.82) is 0 Å². The number of carbonyl (C=O) groups excluding carboxylic acids is 1. The van der Waals surface area contributed by atoms with Crippen molar-refractivity contribution in [2.75, 3.05) is 13.1 Å². The minimum atomic E-state index is -0.790. The first-order chi connectivity index (χ1) is 11.1. The van der Waals surface area contributed by atoms with Gasteiger partial charge in [0.25, 0.3) is 0 Å². The Morgan fingerprint density at radius 2 is 2.13 bits per heavy atom. The minimum Gasteiger partial charge on any atom is -0.481 e. The van der Waals surface area contributed by atoms with Crippen LogP contribution >= 0.6 is 0 Å². The fourth-order valence-electron chi connectivity index (χ4n) is 3.33. The van der Waals surface area contributed by atoms with E-state index in [2.05, 4.69) is 11.1 Å². The van der Waals surface area contributed by atoms with Gasteiger partial charge < -0.3 is 15.0 Å². The minimum absolute atomic E-state index is 0.0794. The standard InChI is InChI=1S/C18H22N2O3/c21-17(20-10-4-6-14(12-20)18(22)23)9-3-5-13-11-19-16-8-2-1-7-15(13)16/h1-2,7-8,11,14,19H,3-6,9-10,12H2,(H,22,23)/t14-/m1/s1. The lowest BCUT2D eigenvalue weighted by atomic mass is 9.97. The molecule has 2 N–H and O–H groups in total. The van der Waals surface area contributed by atoms with Gasteiger partial charge in [-0.3, -0.25) is 9.59 Å². The number of aliphatic carboxylic acids is 1. The fraction of sp³-hybridized carbons (Fsp3) is 0.444. The Morgan fingerprint density at radius 3 is 2.96 bits per heavy atom. The number of amides is 1. The Morgan fingerprint density at radius 1 is 1.30 bits per heavy atom. The summed E-state index contributed by atoms with van der Waals surface area (Å²) in [4.78, 5) is 28.3. The van der Waals surface area contributed by atoms with Crippen molar-refractivity contribution in [3.8, 4) is 0 Å². The lowest BCUT2D eigenvalue weighted by Gasteiger charge is -2.30. The molecule has 1 atom stereocenters. The summed E-state index contributed by atoms with van der Waals surface area (Å²) in [6.07, 6.45) is 5.59. The third-order valence-electron chi connectivity index (χ3n) is 4.64. The molecule has 0 bridgehead atoms. The molecule has 1 fully saturated rings. The van der Waals surface area contributed by atoms with Crippen LogP contribution in [0.15, 0.2) is 30.5 Å². The van der Waals surface area contributed by atoms with Gasteiger partial charge in [-0.15, -0.1) is 0 Å². The molecule has 0 radical (unpaired) electrons. The highest BCUT2D eigenvalue weighted by molar-refractivity contribution is 5.83. The quantitative estimate of drug-likeness (QED) is 0.891. The van der Waals surface area contributed by atoms with Crippen molar-refractivity contribution < 1.29 is 14.7 Å². The number of aryl methyl sites for hydroxylation is 1. The molecule has 2 aromatic rings. The molecular weight excluding hydrogens is 292 g/mol. The summed E-state index contributed by atoms with van der Waals surface area (Å²) in [6, 6.07) is 8.15. The monoisotopic (exact) mass is 314 g/mol. The number of H-pyrrole nitrogens is 1. The van der Waals surface area contributed by atoms with Crippen LogP contribution in [0.5, 0.6) is 0 Å². The normalized spacial score (nSPS) is 18.3. The number of likely N-dealkylation sites (tertiary alicyclic amines) is 1. The van der Waals surface area contributed by atoms with Crippen molar-refractivity contribution in [3.63, 3.8) is 0 Å². The van der Waals surface area contributed by atoms with Gasteiger partial charge in [0.05, 0.1) is 5.92 Å². The second-order valence-electron chi connectivity index (χ2n) is 6.23. The van der Waals surface area contributed by atoms with E-state index in [1.807, 2.05) is 24.4 Å². The zero-order chi connectivity index (χ0) is 16.2. The largest absolute Gasteiger partial charge is 0.481 e. The van der Waals surface area contributed by atoms with Crippen molar-refractivity contribution in [3.05, 3.63) is 36.0 Å². The summed E-state index contributed by atoms with van der Waals surface area (Å²) < 4.78 is 0. The third-order valence-corrected chi connectivity index (χ3v) is 4.64. The molecule has 2 heterocycles. The lowest BCUT2D eigenvalue weighted by Crippen LogP contribution is -2.42. The smallest absolute Gasteiger partial charge is 0.308 e. The Hall–Kier alpha value is -2.30. The fourth-order valence-corrected chi connectivity index (χ4v) is 3.33. The highest BCUT2D eigenvalue weighted by atomic mass is 16.4. The Labute approximate surface area is 135 Å². The van der Waals surface area contributed by atoms with Gasteiger partial charge in [-0.2, -0.15) is 0 Å². The van der Waals surface area contributed by atoms with E-state index in [9.17, 15) is 9.59 Å². The second-order valence-corrected chi connectivity index (χ2v) is 6.23. The first kappa shape index (κ1) is 15.6. The number of carboxylic acids is 1. The molecule has 1 aliphatic heterocycles. The molecule has 0 spiro atoms. The van der Waals surface area contributed by atoms with E-state index in [0.29, 0.717) is 25.9 Å². The molecule has 5 nitrogen and oxygen atoms in total. The summed E-state index contributed by atoms with van der Waals surface area (Å²) >= 11 is 0. The number of hydrogen-bond donors (Lipinski definition) is 2. The number of aromatic nitrogens is 1. The Bertz CT molecular complexity index is 707. The summed E-state index contributed by atoms with van der Waals surface area (Å²) in [6.45, 7) is 1.05. The van der Waals surface area contributed by atoms with Crippen LogP contribution < -0.4 is 0 Å². The number of nitrogens with zero attached hydrogens (tertiary/aromatic N) is 1. The van der Waals surface area contributed by atoms with Crippen LogP contribution in [0.2, 0.25) is 0 Å². The molecule has 0 unspecified atom stereocenters.